The maximum Gasteiger partial charge on any atom is 0.160 e. The minimum absolute atomic E-state index is 0.0350. The van der Waals surface area contributed by atoms with Crippen molar-refractivity contribution in [2.24, 2.45) is 9.98 Å². The summed E-state index contributed by atoms with van der Waals surface area (Å²) in [6.45, 7) is 6.42. The van der Waals surface area contributed by atoms with E-state index >= 15 is 0 Å². The van der Waals surface area contributed by atoms with Crippen LogP contribution in [0.4, 0.5) is 5.82 Å². The SMILES string of the molecule is COc1cccc(C(C)N=C2CCC=Nc3c(C(C)C)cnn32)c1. The number of hydrogen-bond acceptors (Lipinski definition) is 4. The molecule has 0 spiro atoms. The Morgan fingerprint density at radius 1 is 1.25 bits per heavy atom. The van der Waals surface area contributed by atoms with E-state index in [-0.39, 0.29) is 6.04 Å². The van der Waals surface area contributed by atoms with E-state index in [1.165, 1.54) is 0 Å². The van der Waals surface area contributed by atoms with Crippen molar-refractivity contribution in [1.29, 1.82) is 0 Å². The van der Waals surface area contributed by atoms with Gasteiger partial charge in [0.25, 0.3) is 0 Å². The molecule has 0 saturated carbocycles. The van der Waals surface area contributed by atoms with E-state index in [9.17, 15) is 0 Å². The van der Waals surface area contributed by atoms with Gasteiger partial charge in [-0.25, -0.2) is 9.67 Å². The highest BCUT2D eigenvalue weighted by Gasteiger charge is 2.19. The number of nitrogens with zero attached hydrogens (tertiary/aromatic N) is 4. The molecule has 0 amide bonds. The third-order valence-corrected chi connectivity index (χ3v) is 4.27. The van der Waals surface area contributed by atoms with E-state index < -0.39 is 0 Å². The normalized spacial score (nSPS) is 17.0. The number of ether oxygens (including phenoxy) is 1. The second-order valence-corrected chi connectivity index (χ2v) is 6.34. The highest BCUT2D eigenvalue weighted by molar-refractivity contribution is 5.90. The summed E-state index contributed by atoms with van der Waals surface area (Å²) in [6.07, 6.45) is 5.60. The van der Waals surface area contributed by atoms with Gasteiger partial charge in [-0.15, -0.1) is 0 Å². The van der Waals surface area contributed by atoms with E-state index in [1.54, 1.807) is 7.11 Å². The molecular weight excluding hydrogens is 300 g/mol. The molecule has 2 aromatic rings. The van der Waals surface area contributed by atoms with E-state index in [0.29, 0.717) is 5.92 Å². The van der Waals surface area contributed by atoms with Crippen molar-refractivity contribution in [2.75, 3.05) is 7.11 Å². The highest BCUT2D eigenvalue weighted by Crippen LogP contribution is 2.29. The maximum absolute atomic E-state index is 5.31. The largest absolute Gasteiger partial charge is 0.497 e. The molecular formula is C19H24N4O. The third kappa shape index (κ3) is 3.25. The van der Waals surface area contributed by atoms with Gasteiger partial charge in [-0.2, -0.15) is 5.10 Å². The Balaban J connectivity index is 1.96. The molecule has 0 bridgehead atoms. The van der Waals surface area contributed by atoms with Crippen LogP contribution in [0.15, 0.2) is 40.4 Å². The summed E-state index contributed by atoms with van der Waals surface area (Å²) in [7, 11) is 1.68. The fourth-order valence-corrected chi connectivity index (χ4v) is 2.85. The number of methoxy groups -OCH3 is 1. The molecule has 1 atom stereocenters. The lowest BCUT2D eigenvalue weighted by atomic mass is 10.1. The van der Waals surface area contributed by atoms with Gasteiger partial charge in [0.05, 0.1) is 19.3 Å². The molecule has 1 unspecified atom stereocenters. The van der Waals surface area contributed by atoms with Crippen LogP contribution in [0.3, 0.4) is 0 Å². The number of fused-ring (bicyclic) bond motifs is 1. The molecule has 126 valence electrons. The van der Waals surface area contributed by atoms with Crippen LogP contribution in [-0.2, 0) is 0 Å². The molecule has 0 fully saturated rings. The number of hydrogen-bond donors (Lipinski definition) is 0. The first kappa shape index (κ1) is 16.4. The van der Waals surface area contributed by atoms with Gasteiger partial charge in [0, 0.05) is 18.2 Å². The monoisotopic (exact) mass is 324 g/mol. The Labute approximate surface area is 143 Å². The lowest BCUT2D eigenvalue weighted by Gasteiger charge is -2.13. The lowest BCUT2D eigenvalue weighted by molar-refractivity contribution is 0.414. The van der Waals surface area contributed by atoms with Gasteiger partial charge in [0.15, 0.2) is 5.82 Å². The summed E-state index contributed by atoms with van der Waals surface area (Å²) in [5, 5.41) is 4.55. The first-order valence-corrected chi connectivity index (χ1v) is 8.41. The number of aromatic nitrogens is 2. The molecule has 0 N–H and O–H groups in total. The van der Waals surface area contributed by atoms with Gasteiger partial charge in [-0.3, -0.25) is 4.99 Å². The third-order valence-electron chi connectivity index (χ3n) is 4.27. The molecule has 1 aromatic carbocycles. The fourth-order valence-electron chi connectivity index (χ4n) is 2.85. The molecule has 1 aromatic heterocycles. The van der Waals surface area contributed by atoms with Crippen molar-refractivity contribution in [3.05, 3.63) is 41.6 Å². The number of rotatable bonds is 4. The van der Waals surface area contributed by atoms with Crippen molar-refractivity contribution in [3.8, 4) is 5.75 Å². The highest BCUT2D eigenvalue weighted by atomic mass is 16.5. The molecule has 1 aliphatic heterocycles. The molecule has 0 saturated heterocycles. The van der Waals surface area contributed by atoms with Gasteiger partial charge >= 0.3 is 0 Å². The summed E-state index contributed by atoms with van der Waals surface area (Å²) in [5.41, 5.74) is 2.29. The van der Waals surface area contributed by atoms with Crippen LogP contribution < -0.4 is 4.74 Å². The van der Waals surface area contributed by atoms with Crippen LogP contribution in [0, 0.1) is 0 Å². The van der Waals surface area contributed by atoms with Crippen molar-refractivity contribution in [2.45, 2.75) is 45.6 Å². The molecule has 2 heterocycles. The van der Waals surface area contributed by atoms with E-state index in [4.69, 9.17) is 9.73 Å². The summed E-state index contributed by atoms with van der Waals surface area (Å²) in [5.74, 6) is 3.12. The van der Waals surface area contributed by atoms with E-state index in [2.05, 4.69) is 36.9 Å². The quantitative estimate of drug-likeness (QED) is 0.830. The minimum Gasteiger partial charge on any atom is -0.497 e. The standard InChI is InChI=1S/C19H24N4O/c1-13(2)17-12-21-23-18(9-6-10-20-19(17)23)22-14(3)15-7-5-8-16(11-15)24-4/h5,7-8,10-14H,6,9H2,1-4H3. The van der Waals surface area contributed by atoms with Gasteiger partial charge in [0.2, 0.25) is 0 Å². The zero-order chi connectivity index (χ0) is 17.1. The Morgan fingerprint density at radius 2 is 2.08 bits per heavy atom. The molecule has 24 heavy (non-hydrogen) atoms. The average Bonchev–Trinajstić information content (AvgIpc) is 2.92. The zero-order valence-corrected chi connectivity index (χ0v) is 14.7. The Hall–Kier alpha value is -2.43. The van der Waals surface area contributed by atoms with E-state index in [1.807, 2.05) is 35.3 Å². The smallest absolute Gasteiger partial charge is 0.160 e. The van der Waals surface area contributed by atoms with Crippen molar-refractivity contribution in [1.82, 2.24) is 9.78 Å². The minimum atomic E-state index is 0.0350. The van der Waals surface area contributed by atoms with Crippen LogP contribution in [0.2, 0.25) is 0 Å². The first-order valence-electron chi connectivity index (χ1n) is 8.41. The number of aliphatic imine (C=N–C) groups is 2. The van der Waals surface area contributed by atoms with Crippen LogP contribution in [0.5, 0.6) is 5.75 Å². The number of benzene rings is 1. The second kappa shape index (κ2) is 6.99. The zero-order valence-electron chi connectivity index (χ0n) is 14.7. The van der Waals surface area contributed by atoms with Crippen LogP contribution in [0.1, 0.15) is 56.7 Å². The summed E-state index contributed by atoms with van der Waals surface area (Å²) in [6, 6.07) is 8.09. The Kier molecular flexibility index (Phi) is 4.79. The fraction of sp³-hybridized carbons (Fsp3) is 0.421. The molecule has 0 aliphatic carbocycles. The lowest BCUT2D eigenvalue weighted by Crippen LogP contribution is -2.13. The Morgan fingerprint density at radius 3 is 2.83 bits per heavy atom. The second-order valence-electron chi connectivity index (χ2n) is 6.34. The molecule has 5 nitrogen and oxygen atoms in total. The van der Waals surface area contributed by atoms with Gasteiger partial charge in [0.1, 0.15) is 11.6 Å². The van der Waals surface area contributed by atoms with Crippen molar-refractivity contribution >= 4 is 17.9 Å². The average molecular weight is 324 g/mol. The first-order chi connectivity index (χ1) is 11.6. The summed E-state index contributed by atoms with van der Waals surface area (Å²) >= 11 is 0. The van der Waals surface area contributed by atoms with Crippen molar-refractivity contribution in [3.63, 3.8) is 0 Å². The molecule has 5 heteroatoms. The molecule has 3 rings (SSSR count). The van der Waals surface area contributed by atoms with Crippen LogP contribution >= 0.6 is 0 Å². The maximum atomic E-state index is 5.31. The predicted molar refractivity (Wildman–Crippen MR) is 97.9 cm³/mol. The summed E-state index contributed by atoms with van der Waals surface area (Å²) in [4.78, 5) is 9.54. The van der Waals surface area contributed by atoms with Gasteiger partial charge in [-0.05, 0) is 37.0 Å². The van der Waals surface area contributed by atoms with Crippen molar-refractivity contribution < 1.29 is 4.74 Å². The van der Waals surface area contributed by atoms with E-state index in [0.717, 1.165) is 41.4 Å². The van der Waals surface area contributed by atoms with Crippen LogP contribution in [-0.4, -0.2) is 28.9 Å². The van der Waals surface area contributed by atoms with Gasteiger partial charge in [-0.1, -0.05) is 26.0 Å². The topological polar surface area (TPSA) is 51.8 Å². The summed E-state index contributed by atoms with van der Waals surface area (Å²) < 4.78 is 7.21. The molecule has 0 radical (unpaired) electrons. The molecule has 1 aliphatic rings. The van der Waals surface area contributed by atoms with Crippen LogP contribution in [0.25, 0.3) is 0 Å². The predicted octanol–water partition coefficient (Wildman–Crippen LogP) is 4.52. The van der Waals surface area contributed by atoms with Gasteiger partial charge < -0.3 is 4.74 Å². The Bertz CT molecular complexity index is 773.